The summed E-state index contributed by atoms with van der Waals surface area (Å²) in [6.07, 6.45) is 2.43. The van der Waals surface area contributed by atoms with Crippen LogP contribution in [0.15, 0.2) is 107 Å². The molecule has 40 heavy (non-hydrogen) atoms. The molecule has 1 aromatic heterocycles. The SMILES string of the molecule is O=C(N=[N+]=Nc1ccccc1)c1ccc(-c2nc3ccc(NC(=O)c4ccc(N5CCCC5)cc4)cc3[nH]2)cc1. The number of carbonyl (C=O) groups is 2. The lowest BCUT2D eigenvalue weighted by atomic mass is 10.1. The lowest BCUT2D eigenvalue weighted by Crippen LogP contribution is -2.18. The number of hydrogen-bond acceptors (Lipinski definition) is 5. The number of anilines is 2. The summed E-state index contributed by atoms with van der Waals surface area (Å²) in [5.74, 6) is -0.00128. The van der Waals surface area contributed by atoms with Crippen molar-refractivity contribution in [2.75, 3.05) is 23.3 Å². The largest absolute Gasteiger partial charge is 0.372 e. The van der Waals surface area contributed by atoms with Gasteiger partial charge in [-0.05, 0) is 79.6 Å². The molecule has 0 unspecified atom stereocenters. The van der Waals surface area contributed by atoms with Gasteiger partial charge in [-0.3, -0.25) is 9.59 Å². The Morgan fingerprint density at radius 1 is 0.850 bits per heavy atom. The maximum absolute atomic E-state index is 12.8. The second-order valence-corrected chi connectivity index (χ2v) is 9.52. The van der Waals surface area contributed by atoms with Crippen molar-refractivity contribution in [3.05, 3.63) is 108 Å². The van der Waals surface area contributed by atoms with Crippen LogP contribution in [0.1, 0.15) is 33.6 Å². The van der Waals surface area contributed by atoms with Crippen molar-refractivity contribution in [1.82, 2.24) is 14.9 Å². The van der Waals surface area contributed by atoms with E-state index in [9.17, 15) is 9.59 Å². The monoisotopic (exact) mass is 528 g/mol. The van der Waals surface area contributed by atoms with Crippen LogP contribution in [-0.4, -0.2) is 34.9 Å². The van der Waals surface area contributed by atoms with Crippen LogP contribution in [0.5, 0.6) is 0 Å². The number of imidazole rings is 1. The molecule has 196 valence electrons. The molecular weight excluding hydrogens is 502 g/mol. The van der Waals surface area contributed by atoms with Gasteiger partial charge < -0.3 is 15.2 Å². The molecule has 4 aromatic carbocycles. The van der Waals surface area contributed by atoms with Crippen molar-refractivity contribution in [3.63, 3.8) is 0 Å². The number of fused-ring (bicyclic) bond motifs is 1. The lowest BCUT2D eigenvalue weighted by Gasteiger charge is -2.17. The topological polar surface area (TPSA) is 117 Å². The van der Waals surface area contributed by atoms with E-state index >= 15 is 0 Å². The van der Waals surface area contributed by atoms with Gasteiger partial charge in [-0.2, -0.15) is 0 Å². The Morgan fingerprint density at radius 2 is 1.57 bits per heavy atom. The van der Waals surface area contributed by atoms with Crippen LogP contribution < -0.4 is 15.1 Å². The van der Waals surface area contributed by atoms with E-state index in [-0.39, 0.29) is 5.91 Å². The highest BCUT2D eigenvalue weighted by atomic mass is 16.2. The molecule has 6 rings (SSSR count). The molecule has 0 atom stereocenters. The molecule has 0 radical (unpaired) electrons. The fraction of sp³-hybridized carbons (Fsp3) is 0.129. The van der Waals surface area contributed by atoms with E-state index in [1.54, 1.807) is 36.4 Å². The molecule has 9 nitrogen and oxygen atoms in total. The average molecular weight is 529 g/mol. The molecule has 1 saturated heterocycles. The van der Waals surface area contributed by atoms with E-state index in [0.717, 1.165) is 35.4 Å². The molecule has 2 heterocycles. The second kappa shape index (κ2) is 11.1. The normalized spacial score (nSPS) is 12.7. The van der Waals surface area contributed by atoms with E-state index in [4.69, 9.17) is 0 Å². The van der Waals surface area contributed by atoms with Gasteiger partial charge in [0.1, 0.15) is 5.82 Å². The first-order chi connectivity index (χ1) is 19.6. The molecule has 5 aromatic rings. The molecule has 2 N–H and O–H groups in total. The average Bonchev–Trinajstić information content (AvgIpc) is 3.68. The summed E-state index contributed by atoms with van der Waals surface area (Å²) in [4.78, 5) is 39.1. The minimum absolute atomic E-state index is 0.166. The Morgan fingerprint density at radius 3 is 2.33 bits per heavy atom. The van der Waals surface area contributed by atoms with Crippen LogP contribution in [0.3, 0.4) is 0 Å². The van der Waals surface area contributed by atoms with E-state index < -0.39 is 5.91 Å². The van der Waals surface area contributed by atoms with Gasteiger partial charge in [0.05, 0.1) is 11.0 Å². The van der Waals surface area contributed by atoms with E-state index in [0.29, 0.717) is 28.3 Å². The zero-order chi connectivity index (χ0) is 27.3. The van der Waals surface area contributed by atoms with Gasteiger partial charge in [0.2, 0.25) is 10.0 Å². The first-order valence-electron chi connectivity index (χ1n) is 13.1. The summed E-state index contributed by atoms with van der Waals surface area (Å²) in [6.45, 7) is 2.13. The highest BCUT2D eigenvalue weighted by Crippen LogP contribution is 2.25. The van der Waals surface area contributed by atoms with Gasteiger partial charge in [-0.1, -0.05) is 30.3 Å². The number of hydrogen-bond donors (Lipinski definition) is 2. The molecule has 0 saturated carbocycles. The predicted octanol–water partition coefficient (Wildman–Crippen LogP) is 6.53. The van der Waals surface area contributed by atoms with Crippen LogP contribution in [0.25, 0.3) is 22.4 Å². The van der Waals surface area contributed by atoms with Crippen molar-refractivity contribution in [2.24, 2.45) is 10.2 Å². The first-order valence-corrected chi connectivity index (χ1v) is 13.1. The Labute approximate surface area is 230 Å². The summed E-state index contributed by atoms with van der Waals surface area (Å²) < 4.78 is 0. The van der Waals surface area contributed by atoms with Gasteiger partial charge in [0.25, 0.3) is 5.91 Å². The zero-order valence-corrected chi connectivity index (χ0v) is 21.6. The summed E-state index contributed by atoms with van der Waals surface area (Å²) in [5, 5.41) is 10.6. The minimum Gasteiger partial charge on any atom is -0.372 e. The number of carbonyl (C=O) groups excluding carboxylic acids is 2. The molecule has 1 aliphatic rings. The maximum atomic E-state index is 12.8. The fourth-order valence-electron chi connectivity index (χ4n) is 4.66. The molecule has 9 heteroatoms. The smallest absolute Gasteiger partial charge is 0.360 e. The number of aromatic nitrogens is 2. The van der Waals surface area contributed by atoms with Gasteiger partial charge in [0, 0.05) is 41.2 Å². The zero-order valence-electron chi connectivity index (χ0n) is 21.6. The van der Waals surface area contributed by atoms with Crippen molar-refractivity contribution in [1.29, 1.82) is 0 Å². The second-order valence-electron chi connectivity index (χ2n) is 9.52. The Bertz CT molecular complexity index is 1730. The molecule has 1 aliphatic heterocycles. The van der Waals surface area contributed by atoms with Crippen LogP contribution >= 0.6 is 0 Å². The third kappa shape index (κ3) is 5.55. The predicted molar refractivity (Wildman–Crippen MR) is 155 cm³/mol. The number of amides is 2. The van der Waals surface area contributed by atoms with Gasteiger partial charge in [-0.25, -0.2) is 4.98 Å². The third-order valence-electron chi connectivity index (χ3n) is 6.80. The fourth-order valence-corrected chi connectivity index (χ4v) is 4.66. The molecule has 1 fully saturated rings. The number of aromatic amines is 1. The van der Waals surface area contributed by atoms with Crippen LogP contribution in [0, 0.1) is 0 Å². The van der Waals surface area contributed by atoms with E-state index in [2.05, 4.69) is 35.3 Å². The van der Waals surface area contributed by atoms with Gasteiger partial charge in [0.15, 0.2) is 10.8 Å². The quantitative estimate of drug-likeness (QED) is 0.193. The summed E-state index contributed by atoms with van der Waals surface area (Å²) in [5.41, 5.74) is 5.80. The number of H-pyrrole nitrogens is 1. The third-order valence-corrected chi connectivity index (χ3v) is 6.80. The molecule has 0 bridgehead atoms. The number of rotatable bonds is 6. The standard InChI is InChI=1S/C31H25N7O2/c39-30(22-12-15-26(16-13-22)38-18-4-5-19-38)32-25-14-17-27-28(20-25)34-29(33-27)21-8-10-23(11-9-21)31(40)36-37-35-24-6-2-1-3-7-24/h1-3,6-17,20H,4-5,18-19H2,(H,35,36,40)/p+1. The molecule has 2 amide bonds. The van der Waals surface area contributed by atoms with E-state index in [1.807, 2.05) is 60.7 Å². The van der Waals surface area contributed by atoms with Crippen molar-refractivity contribution in [3.8, 4) is 11.4 Å². The van der Waals surface area contributed by atoms with Crippen molar-refractivity contribution in [2.45, 2.75) is 12.8 Å². The van der Waals surface area contributed by atoms with Crippen LogP contribution in [0.4, 0.5) is 17.1 Å². The Kier molecular flexibility index (Phi) is 6.94. The highest BCUT2D eigenvalue weighted by Gasteiger charge is 2.15. The maximum Gasteiger partial charge on any atom is 0.360 e. The molecular formula is C31H26N7O2+. The summed E-state index contributed by atoms with van der Waals surface area (Å²) >= 11 is 0. The minimum atomic E-state index is -0.484. The summed E-state index contributed by atoms with van der Waals surface area (Å²) in [7, 11) is 0. The van der Waals surface area contributed by atoms with E-state index in [1.165, 1.54) is 12.8 Å². The lowest BCUT2D eigenvalue weighted by molar-refractivity contribution is 0.0990. The Balaban J connectivity index is 1.12. The Hall–Kier alpha value is -5.40. The number of nitrogens with one attached hydrogen (secondary N) is 2. The van der Waals surface area contributed by atoms with Crippen molar-refractivity contribution < 1.29 is 9.59 Å². The number of nitrogens with zero attached hydrogens (tertiary/aromatic N) is 5. The summed E-state index contributed by atoms with van der Waals surface area (Å²) in [6, 6.07) is 29.3. The molecule has 0 aliphatic carbocycles. The van der Waals surface area contributed by atoms with Crippen LogP contribution in [0.2, 0.25) is 0 Å². The highest BCUT2D eigenvalue weighted by molar-refractivity contribution is 6.05. The number of benzene rings is 4. The first kappa shape index (κ1) is 24.9. The van der Waals surface area contributed by atoms with Gasteiger partial charge >= 0.3 is 5.91 Å². The van der Waals surface area contributed by atoms with Crippen LogP contribution in [-0.2, 0) is 0 Å². The molecule has 0 spiro atoms. The van der Waals surface area contributed by atoms with Crippen molar-refractivity contribution >= 4 is 39.9 Å². The van der Waals surface area contributed by atoms with Gasteiger partial charge in [-0.15, -0.1) is 0 Å².